The van der Waals surface area contributed by atoms with Crippen LogP contribution in [0.3, 0.4) is 0 Å². The van der Waals surface area contributed by atoms with Crippen LogP contribution in [-0.4, -0.2) is 60.2 Å². The summed E-state index contributed by atoms with van der Waals surface area (Å²) >= 11 is 0. The second-order valence-corrected chi connectivity index (χ2v) is 14.2. The summed E-state index contributed by atoms with van der Waals surface area (Å²) < 4.78 is 101. The van der Waals surface area contributed by atoms with Crippen molar-refractivity contribution in [1.82, 2.24) is 14.9 Å². The van der Waals surface area contributed by atoms with Crippen molar-refractivity contribution in [3.8, 4) is 0 Å². The van der Waals surface area contributed by atoms with Crippen LogP contribution in [0, 0.1) is 11.6 Å². The van der Waals surface area contributed by atoms with E-state index in [9.17, 15) is 31.2 Å². The van der Waals surface area contributed by atoms with E-state index in [1.807, 2.05) is 0 Å². The first kappa shape index (κ1) is 33.0. The number of halogens is 5. The Morgan fingerprint density at radius 1 is 1.04 bits per heavy atom. The number of para-hydroxylation sites is 1. The van der Waals surface area contributed by atoms with Gasteiger partial charge < -0.3 is 19.9 Å². The van der Waals surface area contributed by atoms with E-state index in [1.54, 1.807) is 20.8 Å². The molecule has 0 saturated carbocycles. The predicted octanol–water partition coefficient (Wildman–Crippen LogP) is 5.39. The van der Waals surface area contributed by atoms with Crippen molar-refractivity contribution in [2.45, 2.75) is 62.6 Å². The first-order chi connectivity index (χ1) is 21.2. The van der Waals surface area contributed by atoms with E-state index in [2.05, 4.69) is 15.3 Å². The molecule has 0 unspecified atom stereocenters. The lowest BCUT2D eigenvalue weighted by Gasteiger charge is -2.52. The number of alkyl halides is 3. The van der Waals surface area contributed by atoms with Gasteiger partial charge in [0.1, 0.15) is 28.5 Å². The van der Waals surface area contributed by atoms with Gasteiger partial charge in [0.25, 0.3) is 0 Å². The summed E-state index contributed by atoms with van der Waals surface area (Å²) in [6.45, 7) is 5.30. The minimum Gasteiger partial charge on any atom is -0.444 e. The fourth-order valence-electron chi connectivity index (χ4n) is 5.48. The van der Waals surface area contributed by atoms with Crippen molar-refractivity contribution in [3.05, 3.63) is 76.5 Å². The van der Waals surface area contributed by atoms with Gasteiger partial charge in [-0.05, 0) is 45.9 Å². The molecular weight excluding hydrogens is 637 g/mol. The average molecular weight is 668 g/mol. The molecule has 2 amide bonds. The highest BCUT2D eigenvalue weighted by Gasteiger charge is 2.60. The standard InChI is InChI=1S/C30H30F5N5O5S/c1-16(17-9-8-10-19(22(17)32)30(33,34)35)36-24-18-13-40(21-12-7-6-11-20(21)31)25(41)29(23(18)37-26(38-24)46(5,43)44)14-39(15-29)27(42)45-28(2,3)4/h6-12,16H,13-15H2,1-5H3,(H,36,37,38)/t16-/m1/s1. The number of ether oxygens (including phenoxy) is 1. The van der Waals surface area contributed by atoms with Crippen molar-refractivity contribution in [2.75, 3.05) is 29.6 Å². The highest BCUT2D eigenvalue weighted by molar-refractivity contribution is 7.90. The van der Waals surface area contributed by atoms with Gasteiger partial charge in [0, 0.05) is 30.5 Å². The number of rotatable bonds is 5. The molecule has 246 valence electrons. The molecule has 3 heterocycles. The Hall–Kier alpha value is -4.34. The van der Waals surface area contributed by atoms with Gasteiger partial charge in [-0.3, -0.25) is 4.79 Å². The van der Waals surface area contributed by atoms with Crippen LogP contribution in [0.2, 0.25) is 0 Å². The Morgan fingerprint density at radius 3 is 2.28 bits per heavy atom. The number of amides is 2. The average Bonchev–Trinajstić information content (AvgIpc) is 2.90. The molecule has 2 aliphatic heterocycles. The van der Waals surface area contributed by atoms with Gasteiger partial charge in [0.15, 0.2) is 0 Å². The zero-order chi connectivity index (χ0) is 34.0. The highest BCUT2D eigenvalue weighted by atomic mass is 32.2. The molecule has 1 saturated heterocycles. The van der Waals surface area contributed by atoms with Gasteiger partial charge in [0.2, 0.25) is 20.9 Å². The number of anilines is 2. The predicted molar refractivity (Wildman–Crippen MR) is 156 cm³/mol. The quantitative estimate of drug-likeness (QED) is 0.284. The third-order valence-electron chi connectivity index (χ3n) is 7.61. The van der Waals surface area contributed by atoms with E-state index in [0.29, 0.717) is 6.07 Å². The zero-order valence-electron chi connectivity index (χ0n) is 25.4. The van der Waals surface area contributed by atoms with E-state index in [0.717, 1.165) is 29.4 Å². The molecule has 0 aliphatic carbocycles. The summed E-state index contributed by atoms with van der Waals surface area (Å²) in [5, 5.41) is 2.10. The Kier molecular flexibility index (Phi) is 8.02. The molecule has 1 aromatic heterocycles. The third kappa shape index (κ3) is 5.97. The number of nitrogens with zero attached hydrogens (tertiary/aromatic N) is 4. The first-order valence-corrected chi connectivity index (χ1v) is 15.9. The summed E-state index contributed by atoms with van der Waals surface area (Å²) in [4.78, 5) is 37.8. The maximum absolute atomic E-state index is 15.1. The monoisotopic (exact) mass is 667 g/mol. The smallest absolute Gasteiger partial charge is 0.419 e. The minimum atomic E-state index is -4.98. The number of aromatic nitrogens is 2. The van der Waals surface area contributed by atoms with Crippen LogP contribution < -0.4 is 10.2 Å². The molecule has 2 aromatic carbocycles. The van der Waals surface area contributed by atoms with Gasteiger partial charge in [0.05, 0.1) is 29.5 Å². The number of sulfone groups is 1. The summed E-state index contributed by atoms with van der Waals surface area (Å²) in [5.74, 6) is -3.18. The number of likely N-dealkylation sites (tertiary alicyclic amines) is 1. The van der Waals surface area contributed by atoms with Crippen molar-refractivity contribution >= 4 is 33.3 Å². The van der Waals surface area contributed by atoms with Crippen LogP contribution in [0.4, 0.5) is 38.3 Å². The molecule has 1 atom stereocenters. The van der Waals surface area contributed by atoms with Gasteiger partial charge in [-0.1, -0.05) is 24.3 Å². The summed E-state index contributed by atoms with van der Waals surface area (Å²) in [7, 11) is -4.15. The Labute approximate surface area is 261 Å². The highest BCUT2D eigenvalue weighted by Crippen LogP contribution is 2.46. The molecule has 0 radical (unpaired) electrons. The number of benzene rings is 2. The largest absolute Gasteiger partial charge is 0.444 e. The number of carbonyl (C=O) groups excluding carboxylic acids is 2. The SMILES string of the molecule is C[C@@H](Nc1nc(S(C)(=O)=O)nc2c1CN(c1ccccc1F)C(=O)C21CN(C(=O)OC(C)(C)C)C1)c1cccc(C(F)(F)F)c1F. The van der Waals surface area contributed by atoms with E-state index >= 15 is 8.78 Å². The number of carbonyl (C=O) groups is 2. The fourth-order valence-corrected chi connectivity index (χ4v) is 6.00. The van der Waals surface area contributed by atoms with Gasteiger partial charge in [-0.25, -0.2) is 32.0 Å². The number of fused-ring (bicyclic) bond motifs is 2. The Balaban J connectivity index is 1.66. The van der Waals surface area contributed by atoms with Crippen LogP contribution >= 0.6 is 0 Å². The Morgan fingerprint density at radius 2 is 1.70 bits per heavy atom. The number of nitrogens with one attached hydrogen (secondary N) is 1. The lowest BCUT2D eigenvalue weighted by Crippen LogP contribution is -2.70. The van der Waals surface area contributed by atoms with Gasteiger partial charge >= 0.3 is 12.3 Å². The summed E-state index contributed by atoms with van der Waals surface area (Å²) in [5.41, 5.74) is -4.51. The third-order valence-corrected chi connectivity index (χ3v) is 8.46. The van der Waals surface area contributed by atoms with Crippen molar-refractivity contribution in [2.24, 2.45) is 0 Å². The molecule has 2 aliphatic rings. The molecule has 0 bridgehead atoms. The molecule has 1 fully saturated rings. The van der Waals surface area contributed by atoms with E-state index in [1.165, 1.54) is 30.0 Å². The molecule has 5 rings (SSSR count). The van der Waals surface area contributed by atoms with Crippen LogP contribution in [-0.2, 0) is 37.5 Å². The Bertz CT molecular complexity index is 1840. The number of hydrogen-bond donors (Lipinski definition) is 1. The fraction of sp³-hybridized carbons (Fsp3) is 0.400. The lowest BCUT2D eigenvalue weighted by atomic mass is 9.71. The van der Waals surface area contributed by atoms with E-state index < -0.39 is 73.0 Å². The van der Waals surface area contributed by atoms with Crippen LogP contribution in [0.25, 0.3) is 0 Å². The summed E-state index contributed by atoms with van der Waals surface area (Å²) in [6.07, 6.45) is -4.90. The molecular formula is C30H30F5N5O5S. The maximum Gasteiger partial charge on any atom is 0.419 e. The maximum atomic E-state index is 15.1. The topological polar surface area (TPSA) is 122 Å². The zero-order valence-corrected chi connectivity index (χ0v) is 26.2. The van der Waals surface area contributed by atoms with Crippen LogP contribution in [0.1, 0.15) is 56.1 Å². The molecule has 10 nitrogen and oxygen atoms in total. The van der Waals surface area contributed by atoms with Crippen molar-refractivity contribution < 1.29 is 44.7 Å². The van der Waals surface area contributed by atoms with Gasteiger partial charge in [-0.15, -0.1) is 0 Å². The van der Waals surface area contributed by atoms with E-state index in [4.69, 9.17) is 4.74 Å². The van der Waals surface area contributed by atoms with Crippen LogP contribution in [0.15, 0.2) is 47.6 Å². The molecule has 1 N–H and O–H groups in total. The minimum absolute atomic E-state index is 0.0699. The van der Waals surface area contributed by atoms with Crippen molar-refractivity contribution in [3.63, 3.8) is 0 Å². The molecule has 16 heteroatoms. The normalized spacial score (nSPS) is 17.0. The van der Waals surface area contributed by atoms with Gasteiger partial charge in [-0.2, -0.15) is 13.2 Å². The van der Waals surface area contributed by atoms with Crippen LogP contribution in [0.5, 0.6) is 0 Å². The summed E-state index contributed by atoms with van der Waals surface area (Å²) in [6, 6.07) is 6.97. The lowest BCUT2D eigenvalue weighted by molar-refractivity contribution is -0.140. The van der Waals surface area contributed by atoms with E-state index in [-0.39, 0.29) is 42.4 Å². The van der Waals surface area contributed by atoms with Crippen molar-refractivity contribution in [1.29, 1.82) is 0 Å². The molecule has 3 aromatic rings. The second-order valence-electron chi connectivity index (χ2n) is 12.3. The number of hydrogen-bond acceptors (Lipinski definition) is 8. The second kappa shape index (κ2) is 11.2. The molecule has 1 spiro atoms. The molecule has 46 heavy (non-hydrogen) atoms. The first-order valence-electron chi connectivity index (χ1n) is 14.0.